The van der Waals surface area contributed by atoms with Gasteiger partial charge in [-0.3, -0.25) is 9.35 Å². The molecule has 1 rings (SSSR count). The Morgan fingerprint density at radius 2 is 1.94 bits per heavy atom. The molecule has 0 bridgehead atoms. The van der Waals surface area contributed by atoms with Crippen molar-refractivity contribution in [1.29, 1.82) is 0 Å². The van der Waals surface area contributed by atoms with Crippen LogP contribution in [0.4, 0.5) is 5.69 Å². The zero-order valence-corrected chi connectivity index (χ0v) is 9.94. The first-order valence-electron chi connectivity index (χ1n) is 4.84. The van der Waals surface area contributed by atoms with E-state index in [2.05, 4.69) is 5.32 Å². The lowest BCUT2D eigenvalue weighted by molar-refractivity contribution is -0.115. The Morgan fingerprint density at radius 1 is 1.28 bits per heavy atom. The molecule has 0 aliphatic heterocycles. The number of hydrogen-bond donors (Lipinski definition) is 2. The van der Waals surface area contributed by atoms with Crippen molar-refractivity contribution < 1.29 is 27.7 Å². The second-order valence-electron chi connectivity index (χ2n) is 3.45. The van der Waals surface area contributed by atoms with Gasteiger partial charge in [0.2, 0.25) is 5.91 Å². The minimum absolute atomic E-state index is 0.109. The third kappa shape index (κ3) is 4.93. The van der Waals surface area contributed by atoms with Crippen LogP contribution >= 0.6 is 0 Å². The highest BCUT2D eigenvalue weighted by Crippen LogP contribution is 2.11. The molecule has 1 aromatic rings. The maximum Gasteiger partial charge on any atom is 0.386 e. The average Bonchev–Trinajstić information content (AvgIpc) is 2.26. The molecule has 2 N–H and O–H groups in total. The summed E-state index contributed by atoms with van der Waals surface area (Å²) in [5, 5.41) is 12.9. The minimum atomic E-state index is -4.20. The summed E-state index contributed by atoms with van der Waals surface area (Å²) in [7, 11) is -4.20. The molecule has 0 aromatic heterocycles. The van der Waals surface area contributed by atoms with Crippen molar-refractivity contribution >= 4 is 27.7 Å². The lowest BCUT2D eigenvalue weighted by Crippen LogP contribution is -2.16. The van der Waals surface area contributed by atoms with Crippen LogP contribution in [0.1, 0.15) is 16.8 Å². The van der Waals surface area contributed by atoms with Gasteiger partial charge in [-0.1, -0.05) is 6.07 Å². The number of carbonyl (C=O) groups is 2. The molecule has 0 saturated heterocycles. The lowest BCUT2D eigenvalue weighted by Gasteiger charge is -2.04. The quantitative estimate of drug-likeness (QED) is 0.755. The normalized spacial score (nSPS) is 10.9. The molecule has 18 heavy (non-hydrogen) atoms. The van der Waals surface area contributed by atoms with Gasteiger partial charge < -0.3 is 5.32 Å². The predicted molar refractivity (Wildman–Crippen MR) is 61.1 cm³/mol. The maximum absolute atomic E-state index is 11.3. The van der Waals surface area contributed by atoms with E-state index >= 15 is 0 Å². The van der Waals surface area contributed by atoms with E-state index in [4.69, 9.17) is 4.55 Å². The number of anilines is 1. The van der Waals surface area contributed by atoms with Gasteiger partial charge in [-0.25, -0.2) is 9.90 Å². The van der Waals surface area contributed by atoms with Gasteiger partial charge in [0.25, 0.3) is 10.1 Å². The fourth-order valence-corrected chi connectivity index (χ4v) is 1.61. The van der Waals surface area contributed by atoms with Crippen molar-refractivity contribution in [2.45, 2.75) is 6.42 Å². The Hall–Kier alpha value is -1.93. The topological polar surface area (TPSA) is 120 Å². The molecule has 1 radical (unpaired) electrons. The summed E-state index contributed by atoms with van der Waals surface area (Å²) < 4.78 is 29.3. The molecule has 0 spiro atoms. The first kappa shape index (κ1) is 14.1. The molecule has 0 unspecified atom stereocenters. The molecule has 0 heterocycles. The van der Waals surface area contributed by atoms with Gasteiger partial charge in [-0.15, -0.1) is 0 Å². The highest BCUT2D eigenvalue weighted by Gasteiger charge is 2.11. The van der Waals surface area contributed by atoms with Crippen molar-refractivity contribution in [3.8, 4) is 0 Å². The average molecular weight is 272 g/mol. The summed E-state index contributed by atoms with van der Waals surface area (Å²) >= 11 is 0. The first-order valence-corrected chi connectivity index (χ1v) is 6.45. The first-order chi connectivity index (χ1) is 8.28. The molecule has 0 saturated carbocycles. The number of benzene rings is 1. The number of hydrogen-bond acceptors (Lipinski definition) is 4. The largest absolute Gasteiger partial charge is 0.386 e. The number of nitrogens with one attached hydrogen (secondary N) is 1. The SMILES string of the molecule is [O]C(=O)c1cccc(NC(=O)CCS(=O)(=O)O)c1. The molecule has 1 amide bonds. The predicted octanol–water partition coefficient (Wildman–Crippen LogP) is 0.474. The second kappa shape index (κ2) is 5.61. The lowest BCUT2D eigenvalue weighted by atomic mass is 10.2. The molecule has 0 aliphatic carbocycles. The smallest absolute Gasteiger partial charge is 0.326 e. The molecule has 1 aromatic carbocycles. The summed E-state index contributed by atoms with van der Waals surface area (Å²) in [4.78, 5) is 21.9. The standard InChI is InChI=1S/C10H10NO6S/c12-9(4-5-18(15,16)17)11-8-3-1-2-7(6-8)10(13)14/h1-3,6H,4-5H2,(H,11,12)(H,15,16,17). The van der Waals surface area contributed by atoms with Gasteiger partial charge in [-0.05, 0) is 18.2 Å². The number of carbonyl (C=O) groups excluding carboxylic acids is 2. The molecule has 97 valence electrons. The molecule has 0 atom stereocenters. The van der Waals surface area contributed by atoms with Gasteiger partial charge in [-0.2, -0.15) is 8.42 Å². The van der Waals surface area contributed by atoms with E-state index in [1.54, 1.807) is 0 Å². The fraction of sp³-hybridized carbons (Fsp3) is 0.200. The number of rotatable bonds is 5. The van der Waals surface area contributed by atoms with Gasteiger partial charge in [0.15, 0.2) is 0 Å². The fourth-order valence-electron chi connectivity index (χ4n) is 1.17. The summed E-state index contributed by atoms with van der Waals surface area (Å²) in [6, 6.07) is 5.32. The van der Waals surface area contributed by atoms with E-state index < -0.39 is 34.2 Å². The summed E-state index contributed by atoms with van der Waals surface area (Å²) in [5.74, 6) is -2.73. The zero-order chi connectivity index (χ0) is 13.8. The molecule has 0 aliphatic rings. The monoisotopic (exact) mass is 272 g/mol. The van der Waals surface area contributed by atoms with E-state index in [9.17, 15) is 23.1 Å². The maximum atomic E-state index is 11.3. The minimum Gasteiger partial charge on any atom is -0.326 e. The van der Waals surface area contributed by atoms with Crippen LogP contribution in [0.5, 0.6) is 0 Å². The van der Waals surface area contributed by atoms with E-state index in [1.807, 2.05) is 0 Å². The van der Waals surface area contributed by atoms with E-state index in [-0.39, 0.29) is 11.3 Å². The molecular formula is C10H10NO6S. The Balaban J connectivity index is 2.65. The van der Waals surface area contributed by atoms with Crippen LogP contribution in [0.3, 0.4) is 0 Å². The van der Waals surface area contributed by atoms with Crippen molar-refractivity contribution in [3.63, 3.8) is 0 Å². The van der Waals surface area contributed by atoms with Crippen LogP contribution in [-0.2, 0) is 20.0 Å². The van der Waals surface area contributed by atoms with Gasteiger partial charge in [0, 0.05) is 12.1 Å². The van der Waals surface area contributed by atoms with Crippen molar-refractivity contribution in [2.75, 3.05) is 11.1 Å². The van der Waals surface area contributed by atoms with Crippen LogP contribution in [0.15, 0.2) is 24.3 Å². The third-order valence-electron chi connectivity index (χ3n) is 1.97. The van der Waals surface area contributed by atoms with Gasteiger partial charge in [0.1, 0.15) is 0 Å². The van der Waals surface area contributed by atoms with Crippen molar-refractivity contribution in [1.82, 2.24) is 0 Å². The summed E-state index contributed by atoms with van der Waals surface area (Å²) in [6.45, 7) is 0. The van der Waals surface area contributed by atoms with Crippen LogP contribution in [-0.4, -0.2) is 30.6 Å². The second-order valence-corrected chi connectivity index (χ2v) is 5.02. The van der Waals surface area contributed by atoms with Crippen LogP contribution in [0.25, 0.3) is 0 Å². The van der Waals surface area contributed by atoms with Crippen LogP contribution in [0, 0.1) is 0 Å². The Labute approximate surface area is 103 Å². The Bertz CT molecular complexity index is 565. The van der Waals surface area contributed by atoms with Gasteiger partial charge >= 0.3 is 5.97 Å². The third-order valence-corrected chi connectivity index (χ3v) is 2.69. The van der Waals surface area contributed by atoms with Crippen LogP contribution in [0.2, 0.25) is 0 Å². The van der Waals surface area contributed by atoms with Crippen LogP contribution < -0.4 is 5.32 Å². The van der Waals surface area contributed by atoms with E-state index in [0.29, 0.717) is 0 Å². The number of amides is 1. The molecular weight excluding hydrogens is 262 g/mol. The van der Waals surface area contributed by atoms with Gasteiger partial charge in [0.05, 0.1) is 11.3 Å². The molecule has 0 fully saturated rings. The Kier molecular flexibility index (Phi) is 4.40. The molecule has 8 heteroatoms. The summed E-state index contributed by atoms with van der Waals surface area (Å²) in [5.41, 5.74) is 0.0969. The highest BCUT2D eigenvalue weighted by atomic mass is 32.2. The highest BCUT2D eigenvalue weighted by molar-refractivity contribution is 7.85. The zero-order valence-electron chi connectivity index (χ0n) is 9.12. The van der Waals surface area contributed by atoms with Crippen molar-refractivity contribution in [3.05, 3.63) is 29.8 Å². The van der Waals surface area contributed by atoms with Crippen molar-refractivity contribution in [2.24, 2.45) is 0 Å². The molecule has 7 nitrogen and oxygen atoms in total. The van der Waals surface area contributed by atoms with E-state index in [0.717, 1.165) is 0 Å². The Morgan fingerprint density at radius 3 is 2.50 bits per heavy atom. The van der Waals surface area contributed by atoms with E-state index in [1.165, 1.54) is 24.3 Å². The summed E-state index contributed by atoms with van der Waals surface area (Å²) in [6.07, 6.45) is -0.422.